The smallest absolute Gasteiger partial charge is 0.155 e. The third-order valence-corrected chi connectivity index (χ3v) is 0.535. The summed E-state index contributed by atoms with van der Waals surface area (Å²) in [6.07, 6.45) is 3.66. The molecule has 6 heavy (non-hydrogen) atoms. The van der Waals surface area contributed by atoms with Gasteiger partial charge in [0.2, 0.25) is 0 Å². The quantitative estimate of drug-likeness (QED) is 0.491. The molecule has 0 saturated carbocycles. The molecule has 0 aliphatic heterocycles. The fourth-order valence-corrected chi connectivity index (χ4v) is 0.243. The first-order chi connectivity index (χ1) is 2.89. The van der Waals surface area contributed by atoms with Gasteiger partial charge in [-0.15, -0.1) is 0 Å². The average molecular weight is 102 g/mol. The highest BCUT2D eigenvalue weighted by Gasteiger charge is 1.82. The average Bonchev–Trinajstić information content (AvgIpc) is 1.86. The predicted molar refractivity (Wildman–Crippen MR) is 20.3 cm³/mol. The van der Waals surface area contributed by atoms with Crippen molar-refractivity contribution in [3.05, 3.63) is 17.5 Å². The first-order valence-corrected chi connectivity index (χ1v) is 1.75. The maximum atomic E-state index is 5.24. The van der Waals surface area contributed by atoms with Crippen LogP contribution in [0.15, 0.2) is 10.8 Å². The Morgan fingerprint density at radius 3 is 3.00 bits per heavy atom. The van der Waals surface area contributed by atoms with E-state index in [0.29, 0.717) is 5.02 Å². The van der Waals surface area contributed by atoms with Crippen LogP contribution in [0.4, 0.5) is 0 Å². The van der Waals surface area contributed by atoms with Gasteiger partial charge in [0, 0.05) is 0 Å². The molecule has 3 heteroatoms. The summed E-state index contributed by atoms with van der Waals surface area (Å²) in [6, 6.07) is 0. The van der Waals surface area contributed by atoms with E-state index in [2.05, 4.69) is 15.9 Å². The van der Waals surface area contributed by atoms with Crippen LogP contribution in [0.25, 0.3) is 0 Å². The van der Waals surface area contributed by atoms with Gasteiger partial charge in [-0.25, -0.2) is 0 Å². The van der Waals surface area contributed by atoms with E-state index in [4.69, 9.17) is 11.6 Å². The minimum Gasteiger partial charge on any atom is -0.362 e. The zero-order valence-corrected chi connectivity index (χ0v) is 3.57. The lowest BCUT2D eigenvalue weighted by Crippen LogP contribution is -1.44. The van der Waals surface area contributed by atoms with Crippen molar-refractivity contribution in [2.75, 3.05) is 0 Å². The van der Waals surface area contributed by atoms with Crippen molar-refractivity contribution in [3.63, 3.8) is 0 Å². The van der Waals surface area contributed by atoms with E-state index in [1.165, 1.54) is 6.26 Å². The summed E-state index contributed by atoms with van der Waals surface area (Å²) in [4.78, 5) is 0. The lowest BCUT2D eigenvalue weighted by molar-refractivity contribution is 0.418. The summed E-state index contributed by atoms with van der Waals surface area (Å²) in [7, 11) is 0. The Bertz CT molecular complexity index is 114. The van der Waals surface area contributed by atoms with Crippen molar-refractivity contribution in [3.8, 4) is 0 Å². The van der Waals surface area contributed by atoms with E-state index >= 15 is 0 Å². The molecule has 1 rings (SSSR count). The maximum absolute atomic E-state index is 5.24. The summed E-state index contributed by atoms with van der Waals surface area (Å²) in [5.74, 6) is 0. The molecule has 1 aromatic rings. The zero-order chi connectivity index (χ0) is 4.41. The molecular formula is C3HClNO. The van der Waals surface area contributed by atoms with Crippen LogP contribution in [0.3, 0.4) is 0 Å². The summed E-state index contributed by atoms with van der Waals surface area (Å²) >= 11 is 5.24. The third kappa shape index (κ3) is 0.518. The number of hydrogen-bond donors (Lipinski definition) is 0. The van der Waals surface area contributed by atoms with Gasteiger partial charge in [-0.05, 0) is 0 Å². The minimum absolute atomic E-state index is 0.412. The van der Waals surface area contributed by atoms with Crippen LogP contribution in [0.1, 0.15) is 0 Å². The van der Waals surface area contributed by atoms with E-state index in [0.717, 1.165) is 0 Å². The van der Waals surface area contributed by atoms with Crippen molar-refractivity contribution in [1.82, 2.24) is 5.16 Å². The van der Waals surface area contributed by atoms with Crippen molar-refractivity contribution < 1.29 is 4.52 Å². The van der Waals surface area contributed by atoms with Gasteiger partial charge in [0.15, 0.2) is 6.20 Å². The second-order valence-electron chi connectivity index (χ2n) is 0.774. The van der Waals surface area contributed by atoms with Gasteiger partial charge in [-0.2, -0.15) is 0 Å². The van der Waals surface area contributed by atoms with Crippen molar-refractivity contribution >= 4 is 11.6 Å². The lowest BCUT2D eigenvalue weighted by Gasteiger charge is -1.55. The molecule has 0 aliphatic carbocycles. The topological polar surface area (TPSA) is 26.0 Å². The fraction of sp³-hybridized carbons (Fsp3) is 0. The Hall–Kier alpha value is -0.500. The Morgan fingerprint density at radius 2 is 2.83 bits per heavy atom. The molecule has 0 spiro atoms. The SMILES string of the molecule is Clc1[c]noc1. The van der Waals surface area contributed by atoms with E-state index in [1.54, 1.807) is 0 Å². The molecule has 0 bridgehead atoms. The molecular weight excluding hydrogens is 101 g/mol. The molecule has 0 saturated heterocycles. The number of hydrogen-bond acceptors (Lipinski definition) is 2. The van der Waals surface area contributed by atoms with Gasteiger partial charge in [0.25, 0.3) is 0 Å². The highest BCUT2D eigenvalue weighted by molar-refractivity contribution is 6.30. The van der Waals surface area contributed by atoms with Crippen molar-refractivity contribution in [2.24, 2.45) is 0 Å². The fourth-order valence-electron chi connectivity index (χ4n) is 0.169. The Labute approximate surface area is 39.7 Å². The van der Waals surface area contributed by atoms with Gasteiger partial charge in [0.1, 0.15) is 11.3 Å². The molecule has 1 radical (unpaired) electrons. The summed E-state index contributed by atoms with van der Waals surface area (Å²) in [5.41, 5.74) is 0. The molecule has 0 aliphatic rings. The highest BCUT2D eigenvalue weighted by atomic mass is 35.5. The maximum Gasteiger partial charge on any atom is 0.155 e. The van der Waals surface area contributed by atoms with Gasteiger partial charge in [-0.3, -0.25) is 0 Å². The normalized spacial score (nSPS) is 8.83. The molecule has 0 N–H and O–H groups in total. The first-order valence-electron chi connectivity index (χ1n) is 1.37. The van der Waals surface area contributed by atoms with E-state index < -0.39 is 0 Å². The monoisotopic (exact) mass is 102 g/mol. The minimum atomic E-state index is 0.412. The van der Waals surface area contributed by atoms with Gasteiger partial charge in [0.05, 0.1) is 0 Å². The van der Waals surface area contributed by atoms with Crippen LogP contribution in [-0.4, -0.2) is 5.16 Å². The van der Waals surface area contributed by atoms with Gasteiger partial charge >= 0.3 is 0 Å². The Kier molecular flexibility index (Phi) is 0.801. The second-order valence-corrected chi connectivity index (χ2v) is 1.18. The van der Waals surface area contributed by atoms with E-state index in [9.17, 15) is 0 Å². The van der Waals surface area contributed by atoms with Crippen LogP contribution in [-0.2, 0) is 0 Å². The molecule has 0 aromatic carbocycles. The number of rotatable bonds is 0. The molecule has 0 unspecified atom stereocenters. The molecule has 2 nitrogen and oxygen atoms in total. The Morgan fingerprint density at radius 1 is 2.00 bits per heavy atom. The van der Waals surface area contributed by atoms with Crippen LogP contribution in [0.5, 0.6) is 0 Å². The third-order valence-electron chi connectivity index (χ3n) is 0.361. The van der Waals surface area contributed by atoms with E-state index in [1.807, 2.05) is 0 Å². The molecule has 31 valence electrons. The van der Waals surface area contributed by atoms with Crippen LogP contribution >= 0.6 is 11.6 Å². The van der Waals surface area contributed by atoms with Gasteiger partial charge < -0.3 is 4.52 Å². The molecule has 1 heterocycles. The van der Waals surface area contributed by atoms with Crippen LogP contribution in [0.2, 0.25) is 5.02 Å². The number of halogens is 1. The van der Waals surface area contributed by atoms with E-state index in [-0.39, 0.29) is 0 Å². The highest BCUT2D eigenvalue weighted by Crippen LogP contribution is 2.00. The first kappa shape index (κ1) is 3.68. The van der Waals surface area contributed by atoms with Crippen LogP contribution in [0, 0.1) is 6.20 Å². The standard InChI is InChI=1S/C3HClNO/c4-3-1-5-6-2-3/h2H. The largest absolute Gasteiger partial charge is 0.362 e. The second kappa shape index (κ2) is 1.30. The van der Waals surface area contributed by atoms with Crippen molar-refractivity contribution in [1.29, 1.82) is 0 Å². The number of aromatic nitrogens is 1. The Balaban J connectivity index is 3.05. The molecule has 0 atom stereocenters. The molecule has 1 aromatic heterocycles. The summed E-state index contributed by atoms with van der Waals surface area (Å²) < 4.78 is 4.28. The molecule has 0 fully saturated rings. The summed E-state index contributed by atoms with van der Waals surface area (Å²) in [5, 5.41) is 3.60. The predicted octanol–water partition coefficient (Wildman–Crippen LogP) is 1.13. The number of nitrogens with zero attached hydrogens (tertiary/aromatic N) is 1. The lowest BCUT2D eigenvalue weighted by atomic mass is 10.8. The van der Waals surface area contributed by atoms with Crippen molar-refractivity contribution in [2.45, 2.75) is 0 Å². The van der Waals surface area contributed by atoms with Crippen LogP contribution < -0.4 is 0 Å². The molecule has 0 amide bonds. The van der Waals surface area contributed by atoms with Gasteiger partial charge in [-0.1, -0.05) is 16.8 Å². The zero-order valence-electron chi connectivity index (χ0n) is 2.81. The summed E-state index contributed by atoms with van der Waals surface area (Å²) in [6.45, 7) is 0.